The summed E-state index contributed by atoms with van der Waals surface area (Å²) in [4.78, 5) is 27.6. The predicted octanol–water partition coefficient (Wildman–Crippen LogP) is 11.3. The molecule has 4 aliphatic heterocycles. The molecule has 346 valence electrons. The minimum absolute atomic E-state index is 0.0240. The summed E-state index contributed by atoms with van der Waals surface area (Å²) in [6.45, 7) is 12.2. The number of aromatic amines is 2. The van der Waals surface area contributed by atoms with Gasteiger partial charge in [0.15, 0.2) is 23.0 Å². The fourth-order valence-electron chi connectivity index (χ4n) is 9.08. The minimum Gasteiger partial charge on any atom is -0.395 e. The van der Waals surface area contributed by atoms with Crippen molar-refractivity contribution in [1.82, 2.24) is 34.6 Å². The van der Waals surface area contributed by atoms with E-state index < -0.39 is 12.6 Å². The summed E-state index contributed by atoms with van der Waals surface area (Å²) in [5, 5.41) is 1.67. The molecular weight excluding hydrogens is 907 g/mol. The Morgan fingerprint density at radius 3 is 1.52 bits per heavy atom. The number of likely N-dealkylation sites (N-methyl/N-ethyl adjacent to an activating group) is 1. The molecule has 0 radical (unpaired) electrons. The van der Waals surface area contributed by atoms with Crippen molar-refractivity contribution in [2.45, 2.75) is 38.5 Å². The average Bonchev–Trinajstić information content (AvgIpc) is 4.20. The summed E-state index contributed by atoms with van der Waals surface area (Å²) in [7, 11) is 2.16. The van der Waals surface area contributed by atoms with Crippen LogP contribution in [-0.4, -0.2) is 107 Å². The molecule has 67 heavy (non-hydrogen) atoms. The minimum atomic E-state index is -3.67. The first-order valence-corrected chi connectivity index (χ1v) is 23.7. The van der Waals surface area contributed by atoms with E-state index in [-0.39, 0.29) is 23.0 Å². The van der Waals surface area contributed by atoms with Crippen molar-refractivity contribution in [3.63, 3.8) is 0 Å². The van der Waals surface area contributed by atoms with E-state index in [9.17, 15) is 17.6 Å². The lowest BCUT2D eigenvalue weighted by atomic mass is 10.0. The number of para-hydroxylation sites is 2. The van der Waals surface area contributed by atoms with Crippen LogP contribution in [0, 0.1) is 0 Å². The van der Waals surface area contributed by atoms with Crippen LogP contribution in [0.5, 0.6) is 23.0 Å². The second-order valence-corrected chi connectivity index (χ2v) is 19.2. The van der Waals surface area contributed by atoms with Gasteiger partial charge in [0, 0.05) is 140 Å². The van der Waals surface area contributed by atoms with E-state index in [0.29, 0.717) is 34.5 Å². The van der Waals surface area contributed by atoms with Crippen LogP contribution in [0.2, 0.25) is 0 Å². The fraction of sp³-hybridized carbons (Fsp3) is 0.306. The third-order valence-electron chi connectivity index (χ3n) is 12.8. The number of hydrogen-bond donors (Lipinski definition) is 2. The maximum absolute atomic E-state index is 13.7. The predicted molar refractivity (Wildman–Crippen MR) is 250 cm³/mol. The van der Waals surface area contributed by atoms with E-state index in [4.69, 9.17) is 14.2 Å². The van der Waals surface area contributed by atoms with Gasteiger partial charge in [-0.05, 0) is 69.4 Å². The SMILES string of the molecule is CC(c1ccc(-c2cnc3[nH]cc(-c4cccc5c4OC(F)(F)O5)c3c2)s1)N1CCN(C)CC1.CC(c1ccc(-c2cnc3[nH]cc(-c4cccc5c4OC(F)(F)O5)c3c2)s1)N1CCOCC1. The van der Waals surface area contributed by atoms with Gasteiger partial charge in [-0.25, -0.2) is 9.97 Å². The van der Waals surface area contributed by atoms with Gasteiger partial charge in [-0.15, -0.1) is 40.2 Å². The molecule has 0 aliphatic carbocycles. The number of fused-ring (bicyclic) bond motifs is 4. The van der Waals surface area contributed by atoms with Gasteiger partial charge in [-0.1, -0.05) is 24.3 Å². The standard InChI is InChI=1S/C25H24F2N4O2S.C24H21F2N3O3S/c1-15(31-10-8-30(2)9-11-31)21-6-7-22(34-21)16-12-18-19(14-29-24(18)28-13-16)17-4-3-5-20-23(17)33-25(26,27)32-20;1-14(29-7-9-30-10-8-29)20-5-6-21(33-20)15-11-17-18(13-28-23(17)27-12-15)16-3-2-4-19-22(16)32-24(25,26)31-19/h3-7,12-15H,8-11H2,1-2H3,(H,28,29);2-6,11-14H,7-10H2,1H3,(H,27,28). The van der Waals surface area contributed by atoms with Crippen molar-refractivity contribution in [3.8, 4) is 66.1 Å². The van der Waals surface area contributed by atoms with Crippen molar-refractivity contribution in [3.05, 3.63) is 107 Å². The molecule has 0 amide bonds. The molecule has 8 aromatic rings. The summed E-state index contributed by atoms with van der Waals surface area (Å²) in [5.41, 5.74) is 5.87. The highest BCUT2D eigenvalue weighted by molar-refractivity contribution is 7.15. The van der Waals surface area contributed by atoms with Crippen LogP contribution in [-0.2, 0) is 4.74 Å². The zero-order valence-electron chi connectivity index (χ0n) is 36.7. The van der Waals surface area contributed by atoms with E-state index in [1.807, 2.05) is 18.5 Å². The van der Waals surface area contributed by atoms with Gasteiger partial charge in [0.05, 0.1) is 13.2 Å². The van der Waals surface area contributed by atoms with Gasteiger partial charge in [-0.2, -0.15) is 0 Å². The van der Waals surface area contributed by atoms with Crippen molar-refractivity contribution in [2.24, 2.45) is 0 Å². The number of pyridine rings is 2. The lowest BCUT2D eigenvalue weighted by molar-refractivity contribution is -0.287. The molecule has 0 bridgehead atoms. The first kappa shape index (κ1) is 43.5. The number of halogens is 4. The molecule has 2 unspecified atom stereocenters. The number of H-pyrrole nitrogens is 2. The number of hydrogen-bond acceptors (Lipinski definition) is 12. The monoisotopic (exact) mass is 951 g/mol. The molecule has 2 aromatic carbocycles. The summed E-state index contributed by atoms with van der Waals surface area (Å²) in [6.07, 6.45) is -0.119. The Morgan fingerprint density at radius 2 is 1.04 bits per heavy atom. The number of ether oxygens (including phenoxy) is 5. The quantitative estimate of drug-likeness (QED) is 0.143. The third-order valence-corrected chi connectivity index (χ3v) is 15.4. The Bertz CT molecular complexity index is 3100. The van der Waals surface area contributed by atoms with Crippen LogP contribution in [0.15, 0.2) is 97.6 Å². The average molecular weight is 952 g/mol. The number of thiophene rings is 2. The number of morpholine rings is 1. The molecule has 0 spiro atoms. The van der Waals surface area contributed by atoms with Crippen LogP contribution >= 0.6 is 22.7 Å². The summed E-state index contributed by atoms with van der Waals surface area (Å²) in [6, 6.07) is 23.2. The van der Waals surface area contributed by atoms with Gasteiger partial charge < -0.3 is 38.6 Å². The van der Waals surface area contributed by atoms with Crippen molar-refractivity contribution in [1.29, 1.82) is 0 Å². The second-order valence-electron chi connectivity index (χ2n) is 17.0. The van der Waals surface area contributed by atoms with Crippen LogP contribution in [0.1, 0.15) is 35.7 Å². The van der Waals surface area contributed by atoms with Crippen LogP contribution in [0.25, 0.3) is 65.2 Å². The maximum Gasteiger partial charge on any atom is 0.586 e. The molecule has 2 atom stereocenters. The van der Waals surface area contributed by atoms with Gasteiger partial charge in [0.2, 0.25) is 0 Å². The first-order chi connectivity index (χ1) is 32.4. The molecule has 2 N–H and O–H groups in total. The number of benzene rings is 2. The Hall–Kier alpha value is -6.02. The zero-order valence-corrected chi connectivity index (χ0v) is 38.3. The number of nitrogens with one attached hydrogen (secondary N) is 2. The van der Waals surface area contributed by atoms with Gasteiger partial charge in [0.25, 0.3) is 0 Å². The van der Waals surface area contributed by atoms with Gasteiger partial charge in [0.1, 0.15) is 11.3 Å². The summed E-state index contributed by atoms with van der Waals surface area (Å²) < 4.78 is 79.1. The highest BCUT2D eigenvalue weighted by Crippen LogP contribution is 2.50. The molecule has 0 saturated carbocycles. The first-order valence-electron chi connectivity index (χ1n) is 22.0. The van der Waals surface area contributed by atoms with Crippen molar-refractivity contribution >= 4 is 44.7 Å². The molecule has 12 rings (SSSR count). The number of rotatable bonds is 8. The highest BCUT2D eigenvalue weighted by Gasteiger charge is 2.46. The molecule has 12 nitrogen and oxygen atoms in total. The Morgan fingerprint density at radius 1 is 0.582 bits per heavy atom. The van der Waals surface area contributed by atoms with Gasteiger partial charge >= 0.3 is 12.6 Å². The maximum atomic E-state index is 13.7. The third kappa shape index (κ3) is 8.50. The smallest absolute Gasteiger partial charge is 0.395 e. The number of alkyl halides is 4. The van der Waals surface area contributed by atoms with Crippen LogP contribution in [0.4, 0.5) is 17.6 Å². The van der Waals surface area contributed by atoms with E-state index in [1.165, 1.54) is 21.9 Å². The number of aromatic nitrogens is 4. The number of nitrogens with zero attached hydrogens (tertiary/aromatic N) is 5. The molecule has 2 fully saturated rings. The zero-order chi connectivity index (χ0) is 46.0. The normalized spacial score (nSPS) is 18.9. The van der Waals surface area contributed by atoms with E-state index in [2.05, 4.69) is 95.3 Å². The Labute approximate surface area is 390 Å². The highest BCUT2D eigenvalue weighted by atomic mass is 32.1. The number of piperazine rings is 1. The van der Waals surface area contributed by atoms with Crippen molar-refractivity contribution < 1.29 is 41.2 Å². The molecular formula is C49H45F4N7O5S2. The van der Waals surface area contributed by atoms with Crippen LogP contribution in [0.3, 0.4) is 0 Å². The molecule has 18 heteroatoms. The molecule has 4 aliphatic rings. The molecule has 10 heterocycles. The summed E-state index contributed by atoms with van der Waals surface area (Å²) >= 11 is 3.52. The topological polar surface area (TPSA) is 113 Å². The Balaban J connectivity index is 0.000000148. The molecule has 2 saturated heterocycles. The second kappa shape index (κ2) is 17.2. The van der Waals surface area contributed by atoms with Crippen LogP contribution < -0.4 is 18.9 Å². The van der Waals surface area contributed by atoms with E-state index >= 15 is 0 Å². The fourth-order valence-corrected chi connectivity index (χ4v) is 11.2. The van der Waals surface area contributed by atoms with Crippen molar-refractivity contribution in [2.75, 3.05) is 59.5 Å². The van der Waals surface area contributed by atoms with E-state index in [0.717, 1.165) is 95.3 Å². The lowest BCUT2D eigenvalue weighted by Gasteiger charge is -2.36. The van der Waals surface area contributed by atoms with Gasteiger partial charge in [-0.3, -0.25) is 9.80 Å². The largest absolute Gasteiger partial charge is 0.586 e. The molecule has 6 aromatic heterocycles. The Kier molecular flexibility index (Phi) is 11.2. The lowest BCUT2D eigenvalue weighted by Crippen LogP contribution is -2.45. The van der Waals surface area contributed by atoms with E-state index in [1.54, 1.807) is 59.3 Å². The summed E-state index contributed by atoms with van der Waals surface area (Å²) in [5.74, 6) is 0.127.